The maximum absolute atomic E-state index is 12.8. The average molecular weight is 1030 g/mol. The van der Waals surface area contributed by atoms with Crippen molar-refractivity contribution in [2.75, 3.05) is 13.2 Å². The molecule has 6 heteroatoms. The van der Waals surface area contributed by atoms with Gasteiger partial charge in [0.25, 0.3) is 0 Å². The fourth-order valence-electron chi connectivity index (χ4n) is 8.10. The second kappa shape index (κ2) is 61.4. The van der Waals surface area contributed by atoms with Crippen molar-refractivity contribution >= 4 is 17.9 Å². The lowest BCUT2D eigenvalue weighted by Crippen LogP contribution is -2.30. The van der Waals surface area contributed by atoms with Gasteiger partial charge >= 0.3 is 17.9 Å². The van der Waals surface area contributed by atoms with Gasteiger partial charge in [-0.1, -0.05) is 245 Å². The Labute approximate surface area is 456 Å². The summed E-state index contributed by atoms with van der Waals surface area (Å²) in [5.74, 6) is -0.921. The van der Waals surface area contributed by atoms with Gasteiger partial charge in [-0.2, -0.15) is 0 Å². The van der Waals surface area contributed by atoms with Crippen molar-refractivity contribution in [3.05, 3.63) is 122 Å². The SMILES string of the molecule is CC/C=C\C/C=C\C/C=C\C/C=C\C/C=C\C/C=C\C/C=C\CCCCCCCCCCCC(=O)OCC(COC(=O)CCCCCCC/C=C\CCCCC)OC(=O)CCCCCCC/C=C\C/C=C\CCC. The van der Waals surface area contributed by atoms with Crippen molar-refractivity contribution in [3.63, 3.8) is 0 Å². The first kappa shape index (κ1) is 69.8. The van der Waals surface area contributed by atoms with Gasteiger partial charge in [0.2, 0.25) is 0 Å². The van der Waals surface area contributed by atoms with Crippen LogP contribution in [0, 0.1) is 0 Å². The van der Waals surface area contributed by atoms with E-state index in [4.69, 9.17) is 14.2 Å². The Hall–Kier alpha value is -4.19. The summed E-state index contributed by atoms with van der Waals surface area (Å²) in [7, 11) is 0. The van der Waals surface area contributed by atoms with Gasteiger partial charge in [0.1, 0.15) is 13.2 Å². The van der Waals surface area contributed by atoms with E-state index in [0.717, 1.165) is 148 Å². The predicted molar refractivity (Wildman–Crippen MR) is 320 cm³/mol. The van der Waals surface area contributed by atoms with Crippen LogP contribution in [0.2, 0.25) is 0 Å². The van der Waals surface area contributed by atoms with Crippen LogP contribution in [0.5, 0.6) is 0 Å². The van der Waals surface area contributed by atoms with Crippen LogP contribution >= 0.6 is 0 Å². The van der Waals surface area contributed by atoms with E-state index in [1.807, 2.05) is 0 Å². The molecule has 0 amide bonds. The number of carbonyl (C=O) groups is 3. The van der Waals surface area contributed by atoms with Crippen molar-refractivity contribution in [2.45, 2.75) is 277 Å². The molecule has 1 unspecified atom stereocenters. The first-order valence-electron chi connectivity index (χ1n) is 30.5. The lowest BCUT2D eigenvalue weighted by Gasteiger charge is -2.18. The molecule has 0 rings (SSSR count). The molecule has 0 radical (unpaired) electrons. The van der Waals surface area contributed by atoms with Crippen molar-refractivity contribution in [1.29, 1.82) is 0 Å². The van der Waals surface area contributed by atoms with E-state index >= 15 is 0 Å². The van der Waals surface area contributed by atoms with Crippen molar-refractivity contribution in [1.82, 2.24) is 0 Å². The highest BCUT2D eigenvalue weighted by atomic mass is 16.6. The Bertz CT molecular complexity index is 1550. The van der Waals surface area contributed by atoms with E-state index in [1.54, 1.807) is 0 Å². The zero-order valence-electron chi connectivity index (χ0n) is 48.1. The number of esters is 3. The van der Waals surface area contributed by atoms with Gasteiger partial charge in [0.15, 0.2) is 6.10 Å². The minimum absolute atomic E-state index is 0.0911. The third kappa shape index (κ3) is 58.7. The fourth-order valence-corrected chi connectivity index (χ4v) is 8.10. The summed E-state index contributed by atoms with van der Waals surface area (Å²) in [6, 6.07) is 0. The van der Waals surface area contributed by atoms with E-state index in [-0.39, 0.29) is 31.1 Å². The summed E-state index contributed by atoms with van der Waals surface area (Å²) in [4.78, 5) is 38.1. The van der Waals surface area contributed by atoms with Crippen LogP contribution in [0.3, 0.4) is 0 Å². The monoisotopic (exact) mass is 1020 g/mol. The second-order valence-electron chi connectivity index (χ2n) is 19.9. The minimum Gasteiger partial charge on any atom is -0.462 e. The minimum atomic E-state index is -0.793. The quantitative estimate of drug-likeness (QED) is 0.0261. The van der Waals surface area contributed by atoms with Crippen LogP contribution in [-0.2, 0) is 28.6 Å². The lowest BCUT2D eigenvalue weighted by molar-refractivity contribution is -0.167. The third-order valence-electron chi connectivity index (χ3n) is 12.7. The molecular formula is C68H112O6. The molecule has 0 fully saturated rings. The smallest absolute Gasteiger partial charge is 0.306 e. The lowest BCUT2D eigenvalue weighted by atomic mass is 10.1. The predicted octanol–water partition coefficient (Wildman–Crippen LogP) is 20.8. The first-order valence-corrected chi connectivity index (χ1v) is 30.5. The molecule has 0 saturated carbocycles. The summed E-state index contributed by atoms with van der Waals surface area (Å²) in [5.41, 5.74) is 0. The Morgan fingerprint density at radius 2 is 0.554 bits per heavy atom. The molecule has 0 aliphatic rings. The van der Waals surface area contributed by atoms with Crippen molar-refractivity contribution < 1.29 is 28.6 Å². The molecule has 0 aliphatic heterocycles. The molecule has 74 heavy (non-hydrogen) atoms. The standard InChI is InChI=1S/C68H112O6/c1-4-7-10-13-16-19-22-25-26-27-28-29-30-31-32-33-34-35-36-37-38-39-40-41-42-44-46-49-52-55-58-61-67(70)73-64-65(63-72-66(69)60-57-54-51-48-45-24-21-18-15-12-9-6-3)74-68(71)62-59-56-53-50-47-43-23-20-17-14-11-8-5-2/h7,10-11,14,16,18-21,23,25-26,28-29,31-32,34-35,37-38,65H,4-6,8-9,12-13,15,17,22,24,27,30,33,36,39-64H2,1-3H3/b10-7-,14-11-,19-16-,21-18-,23-20-,26-25-,29-28-,32-31-,35-34-,38-37-. The zero-order valence-corrected chi connectivity index (χ0v) is 48.1. The van der Waals surface area contributed by atoms with Gasteiger partial charge in [-0.25, -0.2) is 0 Å². The summed E-state index contributed by atoms with van der Waals surface area (Å²) in [5, 5.41) is 0. The van der Waals surface area contributed by atoms with Gasteiger partial charge in [-0.05, 0) is 128 Å². The van der Waals surface area contributed by atoms with Crippen molar-refractivity contribution in [3.8, 4) is 0 Å². The Morgan fingerprint density at radius 1 is 0.284 bits per heavy atom. The van der Waals surface area contributed by atoms with Gasteiger partial charge < -0.3 is 14.2 Å². The molecule has 0 bridgehead atoms. The van der Waals surface area contributed by atoms with Gasteiger partial charge in [-0.3, -0.25) is 14.4 Å². The normalized spacial score (nSPS) is 13.0. The maximum atomic E-state index is 12.8. The topological polar surface area (TPSA) is 78.9 Å². The third-order valence-corrected chi connectivity index (χ3v) is 12.7. The molecule has 0 aromatic carbocycles. The summed E-state index contributed by atoms with van der Waals surface area (Å²) < 4.78 is 16.8. The first-order chi connectivity index (χ1) is 36.5. The van der Waals surface area contributed by atoms with Crippen LogP contribution in [-0.4, -0.2) is 37.2 Å². The van der Waals surface area contributed by atoms with Crippen molar-refractivity contribution in [2.24, 2.45) is 0 Å². The second-order valence-corrected chi connectivity index (χ2v) is 19.9. The Morgan fingerprint density at radius 3 is 0.892 bits per heavy atom. The van der Waals surface area contributed by atoms with Crippen LogP contribution in [0.15, 0.2) is 122 Å². The van der Waals surface area contributed by atoms with Gasteiger partial charge in [0, 0.05) is 19.3 Å². The van der Waals surface area contributed by atoms with Gasteiger partial charge in [-0.15, -0.1) is 0 Å². The summed E-state index contributed by atoms with van der Waals surface area (Å²) in [6.45, 7) is 6.41. The number of unbranched alkanes of at least 4 members (excludes halogenated alkanes) is 23. The molecule has 0 saturated heterocycles. The number of carbonyl (C=O) groups excluding carboxylic acids is 3. The van der Waals surface area contributed by atoms with Crippen LogP contribution in [0.1, 0.15) is 271 Å². The summed E-state index contributed by atoms with van der Waals surface area (Å²) >= 11 is 0. The number of allylic oxidation sites excluding steroid dienone is 20. The van der Waals surface area contributed by atoms with E-state index in [9.17, 15) is 14.4 Å². The number of hydrogen-bond acceptors (Lipinski definition) is 6. The molecule has 0 aromatic rings. The molecular weight excluding hydrogens is 913 g/mol. The zero-order chi connectivity index (χ0) is 53.6. The van der Waals surface area contributed by atoms with Gasteiger partial charge in [0.05, 0.1) is 0 Å². The molecule has 0 N–H and O–H groups in total. The van der Waals surface area contributed by atoms with Crippen LogP contribution in [0.25, 0.3) is 0 Å². The largest absolute Gasteiger partial charge is 0.462 e. The molecule has 0 aromatic heterocycles. The molecule has 6 nitrogen and oxygen atoms in total. The number of hydrogen-bond donors (Lipinski definition) is 0. The molecule has 420 valence electrons. The Kier molecular flexibility index (Phi) is 57.9. The molecule has 0 spiro atoms. The number of rotatable bonds is 54. The molecule has 0 heterocycles. The molecule has 0 aliphatic carbocycles. The van der Waals surface area contributed by atoms with E-state index in [1.165, 1.54) is 83.5 Å². The number of ether oxygens (including phenoxy) is 3. The fraction of sp³-hybridized carbons (Fsp3) is 0.662. The average Bonchev–Trinajstić information content (AvgIpc) is 3.40. The highest BCUT2D eigenvalue weighted by Crippen LogP contribution is 2.15. The summed E-state index contributed by atoms with van der Waals surface area (Å²) in [6.07, 6.45) is 84.9. The maximum Gasteiger partial charge on any atom is 0.306 e. The molecule has 1 atom stereocenters. The van der Waals surface area contributed by atoms with Crippen LogP contribution in [0.4, 0.5) is 0 Å². The van der Waals surface area contributed by atoms with E-state index in [2.05, 4.69) is 142 Å². The van der Waals surface area contributed by atoms with E-state index < -0.39 is 6.10 Å². The Balaban J connectivity index is 4.25. The highest BCUT2D eigenvalue weighted by molar-refractivity contribution is 5.71. The highest BCUT2D eigenvalue weighted by Gasteiger charge is 2.19. The van der Waals surface area contributed by atoms with E-state index in [0.29, 0.717) is 19.3 Å². The van der Waals surface area contributed by atoms with Crippen LogP contribution < -0.4 is 0 Å².